The highest BCUT2D eigenvalue weighted by molar-refractivity contribution is 8.00. The lowest BCUT2D eigenvalue weighted by atomic mass is 9.95. The van der Waals surface area contributed by atoms with Crippen LogP contribution in [0.15, 0.2) is 29.2 Å². The number of piperidine rings is 1. The fraction of sp³-hybridized carbons (Fsp3) is 0.500. The Morgan fingerprint density at radius 3 is 2.73 bits per heavy atom. The predicted octanol–water partition coefficient (Wildman–Crippen LogP) is 2.22. The number of amides is 1. The molecule has 2 N–H and O–H groups in total. The fourth-order valence-corrected chi connectivity index (χ4v) is 2.95. The van der Waals surface area contributed by atoms with E-state index in [1.54, 1.807) is 12.1 Å². The van der Waals surface area contributed by atoms with Gasteiger partial charge in [-0.05, 0) is 31.0 Å². The van der Waals surface area contributed by atoms with Crippen LogP contribution in [0.5, 0.6) is 0 Å². The first kappa shape index (κ1) is 18.7. The summed E-state index contributed by atoms with van der Waals surface area (Å²) in [4.78, 5) is 22.9. The highest BCUT2D eigenvalue weighted by Gasteiger charge is 2.22. The molecule has 0 bridgehead atoms. The summed E-state index contributed by atoms with van der Waals surface area (Å²) in [5.74, 6) is 0.805. The minimum absolute atomic E-state index is 0. The van der Waals surface area contributed by atoms with Gasteiger partial charge in [0.05, 0.1) is 10.7 Å². The maximum absolute atomic E-state index is 11.9. The lowest BCUT2D eigenvalue weighted by Gasteiger charge is -2.30. The zero-order valence-corrected chi connectivity index (χ0v) is 13.9. The molecule has 1 aliphatic rings. The van der Waals surface area contributed by atoms with Gasteiger partial charge in [-0.1, -0.05) is 6.92 Å². The number of nitrogens with one attached hydrogen (secondary N) is 2. The van der Waals surface area contributed by atoms with Crippen molar-refractivity contribution in [2.75, 3.05) is 18.8 Å². The van der Waals surface area contributed by atoms with Gasteiger partial charge in [-0.15, -0.1) is 24.2 Å². The van der Waals surface area contributed by atoms with Crippen molar-refractivity contribution in [2.45, 2.75) is 24.3 Å². The van der Waals surface area contributed by atoms with Gasteiger partial charge in [0.15, 0.2) is 0 Å². The summed E-state index contributed by atoms with van der Waals surface area (Å²) in [6, 6.07) is 6.42. The third-order valence-corrected chi connectivity index (χ3v) is 4.60. The summed E-state index contributed by atoms with van der Waals surface area (Å²) >= 11 is 1.38. The Bertz CT molecular complexity index is 513. The summed E-state index contributed by atoms with van der Waals surface area (Å²) in [5.41, 5.74) is 0.0610. The smallest absolute Gasteiger partial charge is 0.269 e. The Labute approximate surface area is 140 Å². The van der Waals surface area contributed by atoms with Crippen LogP contribution in [0.25, 0.3) is 0 Å². The zero-order valence-electron chi connectivity index (χ0n) is 12.3. The molecular weight excluding hydrogens is 326 g/mol. The molecule has 8 heteroatoms. The van der Waals surface area contributed by atoms with Crippen molar-refractivity contribution < 1.29 is 9.72 Å². The number of carbonyl (C=O) groups excluding carboxylic acids is 1. The molecule has 0 aliphatic carbocycles. The molecule has 1 fully saturated rings. The van der Waals surface area contributed by atoms with Gasteiger partial charge >= 0.3 is 0 Å². The van der Waals surface area contributed by atoms with Crippen LogP contribution in [0.4, 0.5) is 5.69 Å². The van der Waals surface area contributed by atoms with Crippen LogP contribution in [-0.2, 0) is 4.79 Å². The maximum atomic E-state index is 11.9. The second-order valence-electron chi connectivity index (χ2n) is 5.18. The molecule has 0 spiro atoms. The topological polar surface area (TPSA) is 84.3 Å². The maximum Gasteiger partial charge on any atom is 0.269 e. The molecule has 2 unspecified atom stereocenters. The van der Waals surface area contributed by atoms with Gasteiger partial charge in [0.1, 0.15) is 0 Å². The van der Waals surface area contributed by atoms with E-state index in [4.69, 9.17) is 0 Å². The Hall–Kier alpha value is -1.31. The molecule has 2 rings (SSSR count). The molecule has 2 atom stereocenters. The van der Waals surface area contributed by atoms with Gasteiger partial charge < -0.3 is 10.6 Å². The summed E-state index contributed by atoms with van der Waals surface area (Å²) in [5, 5.41) is 16.9. The van der Waals surface area contributed by atoms with Crippen molar-refractivity contribution in [3.05, 3.63) is 34.4 Å². The van der Waals surface area contributed by atoms with Gasteiger partial charge in [0.25, 0.3) is 5.69 Å². The second-order valence-corrected chi connectivity index (χ2v) is 6.23. The first-order valence-electron chi connectivity index (χ1n) is 6.93. The lowest BCUT2D eigenvalue weighted by Crippen LogP contribution is -2.50. The third-order valence-electron chi connectivity index (χ3n) is 3.59. The lowest BCUT2D eigenvalue weighted by molar-refractivity contribution is -0.384. The van der Waals surface area contributed by atoms with E-state index in [0.29, 0.717) is 11.7 Å². The fourth-order valence-electron chi connectivity index (χ4n) is 2.24. The quantitative estimate of drug-likeness (QED) is 0.485. The number of hydrogen-bond acceptors (Lipinski definition) is 5. The number of thioether (sulfide) groups is 1. The number of nitro benzene ring substituents is 1. The van der Waals surface area contributed by atoms with Gasteiger partial charge in [-0.2, -0.15) is 0 Å². The van der Waals surface area contributed by atoms with Gasteiger partial charge in [-0.3, -0.25) is 14.9 Å². The van der Waals surface area contributed by atoms with Crippen LogP contribution in [-0.4, -0.2) is 35.7 Å². The Balaban J connectivity index is 0.00000242. The van der Waals surface area contributed by atoms with E-state index in [1.165, 1.54) is 23.9 Å². The summed E-state index contributed by atoms with van der Waals surface area (Å²) in [6.45, 7) is 3.97. The average molecular weight is 346 g/mol. The normalized spacial score (nSPS) is 20.8. The van der Waals surface area contributed by atoms with Crippen LogP contribution >= 0.6 is 24.2 Å². The minimum atomic E-state index is -0.432. The van der Waals surface area contributed by atoms with E-state index in [2.05, 4.69) is 17.6 Å². The van der Waals surface area contributed by atoms with E-state index in [-0.39, 0.29) is 30.0 Å². The van der Waals surface area contributed by atoms with Crippen LogP contribution in [0, 0.1) is 16.0 Å². The monoisotopic (exact) mass is 345 g/mol. The molecule has 22 heavy (non-hydrogen) atoms. The molecule has 122 valence electrons. The number of nitro groups is 1. The molecule has 1 saturated heterocycles. The SMILES string of the molecule is CC1CCNCC1NC(=O)CSc1ccc([N+](=O)[O-])cc1.Cl. The van der Waals surface area contributed by atoms with Crippen molar-refractivity contribution >= 4 is 35.8 Å². The third kappa shape index (κ3) is 5.47. The number of nitrogens with zero attached hydrogens (tertiary/aromatic N) is 1. The van der Waals surface area contributed by atoms with Gasteiger partial charge in [-0.25, -0.2) is 0 Å². The Kier molecular flexibility index (Phi) is 7.64. The first-order chi connectivity index (χ1) is 10.1. The molecule has 1 heterocycles. The largest absolute Gasteiger partial charge is 0.351 e. The van der Waals surface area contributed by atoms with Crippen LogP contribution in [0.1, 0.15) is 13.3 Å². The van der Waals surface area contributed by atoms with E-state index in [9.17, 15) is 14.9 Å². The number of benzene rings is 1. The standard InChI is InChI=1S/C14H19N3O3S.ClH/c1-10-6-7-15-8-13(10)16-14(18)9-21-12-4-2-11(3-5-12)17(19)20;/h2-5,10,13,15H,6-9H2,1H3,(H,16,18);1H. The van der Waals surface area contributed by atoms with Crippen molar-refractivity contribution in [1.29, 1.82) is 0 Å². The Morgan fingerprint density at radius 2 is 2.14 bits per heavy atom. The number of non-ortho nitro benzene ring substituents is 1. The molecule has 0 saturated carbocycles. The second kappa shape index (κ2) is 8.97. The minimum Gasteiger partial charge on any atom is -0.351 e. The van der Waals surface area contributed by atoms with Crippen molar-refractivity contribution in [1.82, 2.24) is 10.6 Å². The van der Waals surface area contributed by atoms with Crippen LogP contribution in [0.2, 0.25) is 0 Å². The first-order valence-corrected chi connectivity index (χ1v) is 7.92. The summed E-state index contributed by atoms with van der Waals surface area (Å²) in [6.07, 6.45) is 1.07. The molecule has 6 nitrogen and oxygen atoms in total. The van der Waals surface area contributed by atoms with E-state index >= 15 is 0 Å². The average Bonchev–Trinajstić information content (AvgIpc) is 2.48. The van der Waals surface area contributed by atoms with Crippen molar-refractivity contribution in [3.63, 3.8) is 0 Å². The number of rotatable bonds is 5. The van der Waals surface area contributed by atoms with Gasteiger partial charge in [0, 0.05) is 29.6 Å². The molecule has 1 amide bonds. The van der Waals surface area contributed by atoms with Gasteiger partial charge in [0.2, 0.25) is 5.91 Å². The zero-order chi connectivity index (χ0) is 15.2. The Morgan fingerprint density at radius 1 is 1.45 bits per heavy atom. The number of hydrogen-bond donors (Lipinski definition) is 2. The molecule has 0 aromatic heterocycles. The highest BCUT2D eigenvalue weighted by Crippen LogP contribution is 2.21. The molecule has 1 aromatic carbocycles. The highest BCUT2D eigenvalue weighted by atomic mass is 35.5. The van der Waals surface area contributed by atoms with E-state index < -0.39 is 4.92 Å². The van der Waals surface area contributed by atoms with Crippen LogP contribution in [0.3, 0.4) is 0 Å². The number of carbonyl (C=O) groups is 1. The van der Waals surface area contributed by atoms with Crippen LogP contribution < -0.4 is 10.6 Å². The molecule has 1 aliphatic heterocycles. The molecular formula is C14H20ClN3O3S. The predicted molar refractivity (Wildman–Crippen MR) is 89.6 cm³/mol. The molecule has 0 radical (unpaired) electrons. The summed E-state index contributed by atoms with van der Waals surface area (Å²) < 4.78 is 0. The number of halogens is 1. The van der Waals surface area contributed by atoms with Crippen molar-refractivity contribution in [3.8, 4) is 0 Å². The van der Waals surface area contributed by atoms with E-state index in [1.807, 2.05) is 0 Å². The molecule has 1 aromatic rings. The summed E-state index contributed by atoms with van der Waals surface area (Å²) in [7, 11) is 0. The van der Waals surface area contributed by atoms with Crippen molar-refractivity contribution in [2.24, 2.45) is 5.92 Å². The van der Waals surface area contributed by atoms with E-state index in [0.717, 1.165) is 24.4 Å².